The van der Waals surface area contributed by atoms with Gasteiger partial charge in [-0.15, -0.1) is 0 Å². The third-order valence-electron chi connectivity index (χ3n) is 4.52. The minimum Gasteiger partial charge on any atom is -0.482 e. The molecule has 4 aromatic rings. The van der Waals surface area contributed by atoms with Crippen molar-refractivity contribution in [3.8, 4) is 17.2 Å². The molecule has 0 radical (unpaired) electrons. The lowest BCUT2D eigenvalue weighted by molar-refractivity contribution is -0.149. The Balaban J connectivity index is 1.22. The Labute approximate surface area is 198 Å². The number of ether oxygens (including phenoxy) is 3. The number of carbonyl (C=O) groups excluding carboxylic acids is 2. The Hall–Kier alpha value is -4.30. The highest BCUT2D eigenvalue weighted by Gasteiger charge is 2.10. The highest BCUT2D eigenvalue weighted by Crippen LogP contribution is 2.29. The Morgan fingerprint density at radius 1 is 0.882 bits per heavy atom. The Kier molecular flexibility index (Phi) is 7.10. The number of nitrogens with one attached hydrogen (secondary N) is 1. The lowest BCUT2D eigenvalue weighted by Crippen LogP contribution is -2.23. The molecule has 3 aromatic carbocycles. The van der Waals surface area contributed by atoms with Crippen molar-refractivity contribution < 1.29 is 28.2 Å². The molecule has 1 amide bonds. The average molecular weight is 480 g/mol. The molecule has 0 aliphatic heterocycles. The first-order valence-electron chi connectivity index (χ1n) is 10.1. The fourth-order valence-electron chi connectivity index (χ4n) is 2.92. The molecule has 172 valence electrons. The number of para-hydroxylation sites is 1. The van der Waals surface area contributed by atoms with Crippen LogP contribution in [-0.2, 0) is 14.3 Å². The molecule has 0 fully saturated rings. The van der Waals surface area contributed by atoms with Gasteiger partial charge in [-0.05, 0) is 54.6 Å². The molecule has 8 nitrogen and oxygen atoms in total. The van der Waals surface area contributed by atoms with Gasteiger partial charge >= 0.3 is 11.6 Å². The summed E-state index contributed by atoms with van der Waals surface area (Å²) >= 11 is 6.07. The van der Waals surface area contributed by atoms with Crippen molar-refractivity contribution in [3.63, 3.8) is 0 Å². The van der Waals surface area contributed by atoms with Crippen LogP contribution in [0.25, 0.3) is 11.0 Å². The van der Waals surface area contributed by atoms with Crippen molar-refractivity contribution >= 4 is 40.1 Å². The largest absolute Gasteiger partial charge is 0.482 e. The van der Waals surface area contributed by atoms with Gasteiger partial charge in [0.05, 0.1) is 5.02 Å². The second-order valence-electron chi connectivity index (χ2n) is 7.01. The summed E-state index contributed by atoms with van der Waals surface area (Å²) in [6, 6.07) is 21.5. The molecule has 0 aliphatic rings. The zero-order chi connectivity index (χ0) is 23.9. The van der Waals surface area contributed by atoms with Gasteiger partial charge in [0.1, 0.15) is 22.8 Å². The molecule has 0 unspecified atom stereocenters. The van der Waals surface area contributed by atoms with E-state index in [2.05, 4.69) is 5.32 Å². The quantitative estimate of drug-likeness (QED) is 0.286. The number of rotatable bonds is 8. The standard InChI is InChI=1S/C25H18ClNO7/c26-20-3-1-2-4-21(20)33-18-10-7-17(8-11-18)27-23(28)14-32-25(30)15-31-19-9-5-16-6-12-24(29)34-22(16)13-19/h1-13H,14-15H2,(H,27,28). The van der Waals surface area contributed by atoms with Gasteiger partial charge < -0.3 is 23.9 Å². The zero-order valence-electron chi connectivity index (χ0n) is 17.7. The summed E-state index contributed by atoms with van der Waals surface area (Å²) < 4.78 is 21.0. The van der Waals surface area contributed by atoms with E-state index in [1.807, 2.05) is 6.07 Å². The molecule has 0 aliphatic carbocycles. The minimum absolute atomic E-state index is 0.322. The van der Waals surface area contributed by atoms with Crippen LogP contribution in [0.15, 0.2) is 88.1 Å². The van der Waals surface area contributed by atoms with Crippen molar-refractivity contribution in [2.75, 3.05) is 18.5 Å². The lowest BCUT2D eigenvalue weighted by Gasteiger charge is -2.10. The highest BCUT2D eigenvalue weighted by atomic mass is 35.5. The molecule has 1 aromatic heterocycles. The molecular weight excluding hydrogens is 462 g/mol. The number of carbonyl (C=O) groups is 2. The molecule has 0 saturated carbocycles. The number of esters is 1. The maximum atomic E-state index is 12.1. The van der Waals surface area contributed by atoms with Crippen LogP contribution in [-0.4, -0.2) is 25.1 Å². The van der Waals surface area contributed by atoms with Gasteiger partial charge in [-0.25, -0.2) is 9.59 Å². The smallest absolute Gasteiger partial charge is 0.344 e. The van der Waals surface area contributed by atoms with Crippen molar-refractivity contribution in [1.82, 2.24) is 0 Å². The van der Waals surface area contributed by atoms with E-state index >= 15 is 0 Å². The highest BCUT2D eigenvalue weighted by molar-refractivity contribution is 6.32. The maximum absolute atomic E-state index is 12.1. The van der Waals surface area contributed by atoms with E-state index in [4.69, 9.17) is 30.2 Å². The molecule has 1 N–H and O–H groups in total. The minimum atomic E-state index is -0.728. The Morgan fingerprint density at radius 2 is 1.62 bits per heavy atom. The predicted octanol–water partition coefficient (Wildman–Crippen LogP) is 4.80. The van der Waals surface area contributed by atoms with Crippen LogP contribution in [0.4, 0.5) is 5.69 Å². The van der Waals surface area contributed by atoms with Crippen LogP contribution >= 0.6 is 11.6 Å². The fourth-order valence-corrected chi connectivity index (χ4v) is 3.09. The van der Waals surface area contributed by atoms with Gasteiger partial charge in [-0.2, -0.15) is 0 Å². The number of halogens is 1. The van der Waals surface area contributed by atoms with Crippen LogP contribution in [0.1, 0.15) is 0 Å². The normalized spacial score (nSPS) is 10.5. The van der Waals surface area contributed by atoms with Crippen LogP contribution in [0.2, 0.25) is 5.02 Å². The molecule has 0 atom stereocenters. The van der Waals surface area contributed by atoms with Crippen LogP contribution in [0.5, 0.6) is 17.2 Å². The monoisotopic (exact) mass is 479 g/mol. The van der Waals surface area contributed by atoms with E-state index in [-0.39, 0.29) is 0 Å². The van der Waals surface area contributed by atoms with Crippen molar-refractivity contribution in [3.05, 3.63) is 94.3 Å². The third-order valence-corrected chi connectivity index (χ3v) is 4.83. The third kappa shape index (κ3) is 6.14. The van der Waals surface area contributed by atoms with Crippen molar-refractivity contribution in [2.45, 2.75) is 0 Å². The van der Waals surface area contributed by atoms with E-state index in [0.29, 0.717) is 33.5 Å². The first-order chi connectivity index (χ1) is 16.5. The lowest BCUT2D eigenvalue weighted by atomic mass is 10.2. The SMILES string of the molecule is O=C(COC(=O)COc1ccc2ccc(=O)oc2c1)Nc1ccc(Oc2ccccc2Cl)cc1. The van der Waals surface area contributed by atoms with Gasteiger partial charge in [0.25, 0.3) is 5.91 Å². The summed E-state index contributed by atoms with van der Waals surface area (Å²) in [6.07, 6.45) is 0. The molecule has 0 bridgehead atoms. The number of hydrogen-bond donors (Lipinski definition) is 1. The second kappa shape index (κ2) is 10.5. The van der Waals surface area contributed by atoms with E-state index in [1.54, 1.807) is 60.7 Å². The van der Waals surface area contributed by atoms with Crippen molar-refractivity contribution in [2.24, 2.45) is 0 Å². The molecule has 34 heavy (non-hydrogen) atoms. The average Bonchev–Trinajstić information content (AvgIpc) is 2.84. The van der Waals surface area contributed by atoms with E-state index in [9.17, 15) is 14.4 Å². The first kappa shape index (κ1) is 22.9. The van der Waals surface area contributed by atoms with Crippen molar-refractivity contribution in [1.29, 1.82) is 0 Å². The Bertz CT molecular complexity index is 1380. The topological polar surface area (TPSA) is 104 Å². The summed E-state index contributed by atoms with van der Waals surface area (Å²) in [4.78, 5) is 35.3. The van der Waals surface area contributed by atoms with Crippen LogP contribution < -0.4 is 20.4 Å². The summed E-state index contributed by atoms with van der Waals surface area (Å²) in [6.45, 7) is -0.892. The van der Waals surface area contributed by atoms with Gasteiger partial charge in [0.15, 0.2) is 13.2 Å². The first-order valence-corrected chi connectivity index (χ1v) is 10.5. The van der Waals surface area contributed by atoms with Crippen LogP contribution in [0.3, 0.4) is 0 Å². The molecule has 0 saturated heterocycles. The second-order valence-corrected chi connectivity index (χ2v) is 7.42. The summed E-state index contributed by atoms with van der Waals surface area (Å²) in [5, 5.41) is 3.82. The molecule has 9 heteroatoms. The van der Waals surface area contributed by atoms with Gasteiger partial charge in [-0.3, -0.25) is 4.79 Å². The molecule has 1 heterocycles. The zero-order valence-corrected chi connectivity index (χ0v) is 18.4. The maximum Gasteiger partial charge on any atom is 0.344 e. The van der Waals surface area contributed by atoms with Gasteiger partial charge in [0, 0.05) is 23.2 Å². The van der Waals surface area contributed by atoms with Gasteiger partial charge in [-0.1, -0.05) is 23.7 Å². The summed E-state index contributed by atoms with van der Waals surface area (Å²) in [7, 11) is 0. The number of anilines is 1. The van der Waals surface area contributed by atoms with E-state index in [0.717, 1.165) is 5.39 Å². The van der Waals surface area contributed by atoms with E-state index < -0.39 is 30.7 Å². The molecule has 0 spiro atoms. The number of benzene rings is 3. The Morgan fingerprint density at radius 3 is 2.41 bits per heavy atom. The molecular formula is C25H18ClNO7. The number of fused-ring (bicyclic) bond motifs is 1. The van der Waals surface area contributed by atoms with E-state index in [1.165, 1.54) is 12.1 Å². The van der Waals surface area contributed by atoms with Crippen LogP contribution in [0, 0.1) is 0 Å². The number of hydrogen-bond acceptors (Lipinski definition) is 7. The number of amides is 1. The summed E-state index contributed by atoms with van der Waals surface area (Å²) in [5.41, 5.74) is 0.348. The van der Waals surface area contributed by atoms with Gasteiger partial charge in [0.2, 0.25) is 0 Å². The summed E-state index contributed by atoms with van der Waals surface area (Å²) in [5.74, 6) is 0.141. The molecule has 4 rings (SSSR count). The fraction of sp³-hybridized carbons (Fsp3) is 0.0800. The predicted molar refractivity (Wildman–Crippen MR) is 126 cm³/mol.